The maximum absolute atomic E-state index is 11.3. The molecular weight excluding hydrogens is 369 g/mol. The predicted molar refractivity (Wildman–Crippen MR) is 95.3 cm³/mol. The van der Waals surface area contributed by atoms with Gasteiger partial charge in [0.15, 0.2) is 5.75 Å². The lowest BCUT2D eigenvalue weighted by molar-refractivity contribution is -0.384. The van der Waals surface area contributed by atoms with Gasteiger partial charge in [0.2, 0.25) is 0 Å². The maximum atomic E-state index is 11.3. The summed E-state index contributed by atoms with van der Waals surface area (Å²) < 4.78 is 10.4. The van der Waals surface area contributed by atoms with Crippen molar-refractivity contribution in [3.8, 4) is 11.5 Å². The molecule has 0 unspecified atom stereocenters. The molecule has 0 spiro atoms. The zero-order valence-electron chi connectivity index (χ0n) is 13.1. The minimum absolute atomic E-state index is 0.0519. The fraction of sp³-hybridized carbons (Fsp3) is 0.118. The number of nitrogens with zero attached hydrogens (tertiary/aromatic N) is 1. The monoisotopic (exact) mass is 381 g/mol. The van der Waals surface area contributed by atoms with Crippen molar-refractivity contribution in [1.29, 1.82) is 0 Å². The normalized spacial score (nSPS) is 10.7. The third-order valence-electron chi connectivity index (χ3n) is 2.99. The highest BCUT2D eigenvalue weighted by Gasteiger charge is 2.12. The molecule has 0 heterocycles. The van der Waals surface area contributed by atoms with E-state index in [9.17, 15) is 14.9 Å². The molecule has 0 atom stereocenters. The molecule has 0 aliphatic rings. The molecule has 25 heavy (non-hydrogen) atoms. The Morgan fingerprint density at radius 3 is 2.32 bits per heavy atom. The van der Waals surface area contributed by atoms with Gasteiger partial charge in [-0.2, -0.15) is 0 Å². The Balaban J connectivity index is 2.19. The lowest BCUT2D eigenvalue weighted by Crippen LogP contribution is -1.98. The fourth-order valence-corrected chi connectivity index (χ4v) is 2.46. The lowest BCUT2D eigenvalue weighted by Gasteiger charge is -2.10. The summed E-state index contributed by atoms with van der Waals surface area (Å²) in [6.07, 6.45) is 2.79. The number of non-ortho nitro benzene ring substituents is 1. The standard InChI is InChI=1S/C17H13Cl2NO5/c1-2-24-16(21)8-3-11-9-14(18)17(15(19)10-11)25-13-6-4-12(5-7-13)20(22)23/h3-10H,2H2,1H3/b8-3+. The number of halogens is 2. The van der Waals surface area contributed by atoms with Crippen LogP contribution < -0.4 is 4.74 Å². The van der Waals surface area contributed by atoms with Crippen LogP contribution in [0.2, 0.25) is 10.0 Å². The predicted octanol–water partition coefficient (Wildman–Crippen LogP) is 5.27. The van der Waals surface area contributed by atoms with Gasteiger partial charge in [-0.25, -0.2) is 4.79 Å². The van der Waals surface area contributed by atoms with Gasteiger partial charge in [0.05, 0.1) is 21.6 Å². The number of benzene rings is 2. The Morgan fingerprint density at radius 2 is 1.80 bits per heavy atom. The van der Waals surface area contributed by atoms with Gasteiger partial charge >= 0.3 is 5.97 Å². The average Bonchev–Trinajstić information content (AvgIpc) is 2.57. The first kappa shape index (κ1) is 18.8. The molecule has 0 aliphatic heterocycles. The van der Waals surface area contributed by atoms with E-state index in [1.807, 2.05) is 0 Å². The molecule has 2 rings (SSSR count). The maximum Gasteiger partial charge on any atom is 0.330 e. The first-order valence-corrected chi connectivity index (χ1v) is 7.92. The third-order valence-corrected chi connectivity index (χ3v) is 3.55. The summed E-state index contributed by atoms with van der Waals surface area (Å²) in [5.74, 6) is 0.0932. The number of rotatable bonds is 6. The molecule has 0 aromatic heterocycles. The molecule has 0 fully saturated rings. The first-order valence-electron chi connectivity index (χ1n) is 7.17. The Morgan fingerprint density at radius 1 is 1.20 bits per heavy atom. The largest absolute Gasteiger partial charge is 0.463 e. The molecule has 8 heteroatoms. The van der Waals surface area contributed by atoms with Crippen molar-refractivity contribution in [2.45, 2.75) is 6.92 Å². The van der Waals surface area contributed by atoms with Crippen LogP contribution in [0, 0.1) is 10.1 Å². The third kappa shape index (κ3) is 5.20. The van der Waals surface area contributed by atoms with Gasteiger partial charge in [0.1, 0.15) is 5.75 Å². The molecule has 0 saturated carbocycles. The van der Waals surface area contributed by atoms with Crippen molar-refractivity contribution < 1.29 is 19.2 Å². The van der Waals surface area contributed by atoms with Crippen molar-refractivity contribution in [2.24, 2.45) is 0 Å². The van der Waals surface area contributed by atoms with Crippen molar-refractivity contribution in [1.82, 2.24) is 0 Å². The minimum atomic E-state index is -0.506. The van der Waals surface area contributed by atoms with Crippen molar-refractivity contribution in [3.05, 3.63) is 68.2 Å². The van der Waals surface area contributed by atoms with Crippen LogP contribution in [0.4, 0.5) is 5.69 Å². The SMILES string of the molecule is CCOC(=O)/C=C/c1cc(Cl)c(Oc2ccc([N+](=O)[O-])cc2)c(Cl)c1. The van der Waals surface area contributed by atoms with Crippen molar-refractivity contribution in [2.75, 3.05) is 6.61 Å². The number of nitro groups is 1. The van der Waals surface area contributed by atoms with E-state index in [0.717, 1.165) is 0 Å². The molecular formula is C17H13Cl2NO5. The zero-order valence-corrected chi connectivity index (χ0v) is 14.6. The number of nitro benzene ring substituents is 1. The number of ether oxygens (including phenoxy) is 2. The number of hydrogen-bond donors (Lipinski definition) is 0. The molecule has 0 N–H and O–H groups in total. The Bertz CT molecular complexity index is 795. The fourth-order valence-electron chi connectivity index (χ4n) is 1.88. The summed E-state index contributed by atoms with van der Waals surface area (Å²) >= 11 is 12.4. The van der Waals surface area contributed by atoms with Crippen molar-refractivity contribution in [3.63, 3.8) is 0 Å². The number of hydrogen-bond acceptors (Lipinski definition) is 5. The molecule has 0 amide bonds. The van der Waals surface area contributed by atoms with Gasteiger partial charge in [-0.3, -0.25) is 10.1 Å². The summed E-state index contributed by atoms with van der Waals surface area (Å²) in [4.78, 5) is 21.5. The van der Waals surface area contributed by atoms with Gasteiger partial charge in [-0.15, -0.1) is 0 Å². The highest BCUT2D eigenvalue weighted by Crippen LogP contribution is 2.38. The second-order valence-corrected chi connectivity index (χ2v) is 5.57. The minimum Gasteiger partial charge on any atom is -0.463 e. The summed E-state index contributed by atoms with van der Waals surface area (Å²) in [5, 5.41) is 11.1. The van der Waals surface area contributed by atoms with Crippen LogP contribution in [0.25, 0.3) is 6.08 Å². The second kappa shape index (κ2) is 8.50. The lowest BCUT2D eigenvalue weighted by atomic mass is 10.2. The topological polar surface area (TPSA) is 78.7 Å². The van der Waals surface area contributed by atoms with E-state index in [1.165, 1.54) is 36.4 Å². The average molecular weight is 382 g/mol. The van der Waals surface area contributed by atoms with Crippen LogP contribution in [0.1, 0.15) is 12.5 Å². The molecule has 0 aliphatic carbocycles. The zero-order chi connectivity index (χ0) is 18.4. The highest BCUT2D eigenvalue weighted by molar-refractivity contribution is 6.37. The van der Waals surface area contributed by atoms with Gasteiger partial charge in [-0.1, -0.05) is 23.2 Å². The van der Waals surface area contributed by atoms with Gasteiger partial charge in [-0.05, 0) is 42.8 Å². The van der Waals surface area contributed by atoms with Gasteiger partial charge in [0.25, 0.3) is 5.69 Å². The van der Waals surface area contributed by atoms with Crippen LogP contribution in [0.3, 0.4) is 0 Å². The van der Waals surface area contributed by atoms with Gasteiger partial charge in [0, 0.05) is 18.2 Å². The van der Waals surface area contributed by atoms with E-state index in [1.54, 1.807) is 19.1 Å². The number of carbonyl (C=O) groups excluding carboxylic acids is 1. The molecule has 0 saturated heterocycles. The molecule has 6 nitrogen and oxygen atoms in total. The molecule has 0 radical (unpaired) electrons. The summed E-state index contributed by atoms with van der Waals surface area (Å²) in [6.45, 7) is 2.00. The molecule has 2 aromatic rings. The summed E-state index contributed by atoms with van der Waals surface area (Å²) in [7, 11) is 0. The van der Waals surface area contributed by atoms with E-state index in [-0.39, 0.29) is 28.1 Å². The first-order chi connectivity index (χ1) is 11.9. The Hall–Kier alpha value is -2.57. The molecule has 0 bridgehead atoms. The van der Waals surface area contributed by atoms with E-state index in [4.69, 9.17) is 32.7 Å². The van der Waals surface area contributed by atoms with E-state index in [0.29, 0.717) is 11.3 Å². The number of carbonyl (C=O) groups is 1. The molecule has 2 aromatic carbocycles. The smallest absolute Gasteiger partial charge is 0.330 e. The van der Waals surface area contributed by atoms with E-state index < -0.39 is 10.9 Å². The van der Waals surface area contributed by atoms with E-state index in [2.05, 4.69) is 0 Å². The van der Waals surface area contributed by atoms with Crippen LogP contribution >= 0.6 is 23.2 Å². The highest BCUT2D eigenvalue weighted by atomic mass is 35.5. The van der Waals surface area contributed by atoms with Crippen molar-refractivity contribution >= 4 is 40.9 Å². The van der Waals surface area contributed by atoms with E-state index >= 15 is 0 Å². The molecule has 130 valence electrons. The van der Waals surface area contributed by atoms with Crippen LogP contribution in [-0.4, -0.2) is 17.5 Å². The number of esters is 1. The Labute approximate surface area is 153 Å². The quantitative estimate of drug-likeness (QED) is 0.294. The van der Waals surface area contributed by atoms with Crippen LogP contribution in [0.15, 0.2) is 42.5 Å². The summed E-state index contributed by atoms with van der Waals surface area (Å²) in [5.41, 5.74) is 0.545. The summed E-state index contributed by atoms with van der Waals surface area (Å²) in [6, 6.07) is 8.66. The second-order valence-electron chi connectivity index (χ2n) is 4.75. The van der Waals surface area contributed by atoms with Crippen LogP contribution in [-0.2, 0) is 9.53 Å². The Kier molecular flexibility index (Phi) is 6.38. The van der Waals surface area contributed by atoms with Gasteiger partial charge < -0.3 is 9.47 Å². The van der Waals surface area contributed by atoms with Crippen LogP contribution in [0.5, 0.6) is 11.5 Å².